The predicted molar refractivity (Wildman–Crippen MR) is 133 cm³/mol. The lowest BCUT2D eigenvalue weighted by molar-refractivity contribution is -0.123. The minimum Gasteiger partial charge on any atom is -0.492 e. The van der Waals surface area contributed by atoms with Gasteiger partial charge in [0.15, 0.2) is 0 Å². The molecule has 2 fully saturated rings. The van der Waals surface area contributed by atoms with Gasteiger partial charge in [0.25, 0.3) is 12.9 Å². The van der Waals surface area contributed by atoms with Crippen LogP contribution in [0.15, 0.2) is 54.6 Å². The quantitative estimate of drug-likeness (QED) is 0.457. The Labute approximate surface area is 211 Å². The van der Waals surface area contributed by atoms with E-state index in [4.69, 9.17) is 34.0 Å². The van der Waals surface area contributed by atoms with E-state index >= 15 is 0 Å². The van der Waals surface area contributed by atoms with E-state index in [-0.39, 0.29) is 31.7 Å². The van der Waals surface area contributed by atoms with Gasteiger partial charge in [-0.05, 0) is 23.3 Å². The first kappa shape index (κ1) is 29.2. The molecule has 0 amide bonds. The Morgan fingerprint density at radius 3 is 2.17 bits per heavy atom. The Hall–Kier alpha value is -3.02. The molecule has 198 valence electrons. The summed E-state index contributed by atoms with van der Waals surface area (Å²) >= 11 is 0. The summed E-state index contributed by atoms with van der Waals surface area (Å²) in [6.45, 7) is 7.04. The maximum absolute atomic E-state index is 9.84. The highest BCUT2D eigenvalue weighted by Crippen LogP contribution is 2.31. The highest BCUT2D eigenvalue weighted by atomic mass is 16.5. The molecule has 36 heavy (non-hydrogen) atoms. The molecule has 2 aromatic rings. The van der Waals surface area contributed by atoms with Gasteiger partial charge in [0, 0.05) is 32.7 Å². The van der Waals surface area contributed by atoms with E-state index < -0.39 is 0 Å². The van der Waals surface area contributed by atoms with Crippen LogP contribution in [0.3, 0.4) is 0 Å². The van der Waals surface area contributed by atoms with Crippen LogP contribution in [0.25, 0.3) is 0 Å². The molecule has 0 unspecified atom stereocenters. The predicted octanol–water partition coefficient (Wildman–Crippen LogP) is 1.73. The molecule has 10 nitrogen and oxygen atoms in total. The van der Waals surface area contributed by atoms with Gasteiger partial charge < -0.3 is 29.5 Å². The lowest BCUT2D eigenvalue weighted by Gasteiger charge is -2.41. The number of carbonyl (C=O) groups is 2. The molecular weight excluding hydrogens is 468 g/mol. The SMILES string of the molecule is O=CO.O=CO.OC[C@@H]1OCCN(Cc2ccc(OCCN3CCOCC3)cc2)[C@H]1c1ccccc1. The van der Waals surface area contributed by atoms with Gasteiger partial charge in [0.2, 0.25) is 0 Å². The summed E-state index contributed by atoms with van der Waals surface area (Å²) in [6, 6.07) is 18.7. The highest BCUT2D eigenvalue weighted by molar-refractivity contribution is 5.33. The Balaban J connectivity index is 0.000000693. The number of nitrogens with zero attached hydrogens (tertiary/aromatic N) is 2. The second-order valence-corrected chi connectivity index (χ2v) is 8.08. The Morgan fingerprint density at radius 2 is 1.56 bits per heavy atom. The zero-order valence-corrected chi connectivity index (χ0v) is 20.4. The van der Waals surface area contributed by atoms with Crippen LogP contribution in [0.4, 0.5) is 0 Å². The van der Waals surface area contributed by atoms with Crippen molar-refractivity contribution in [1.29, 1.82) is 0 Å². The number of rotatable bonds is 8. The molecule has 2 aliphatic rings. The minimum absolute atomic E-state index is 0.0198. The first-order chi connectivity index (χ1) is 17.7. The number of carboxylic acid groups (broad SMARTS) is 2. The highest BCUT2D eigenvalue weighted by Gasteiger charge is 2.33. The molecule has 2 atom stereocenters. The van der Waals surface area contributed by atoms with E-state index in [9.17, 15) is 5.11 Å². The maximum atomic E-state index is 9.84. The number of aliphatic hydroxyl groups excluding tert-OH is 1. The van der Waals surface area contributed by atoms with Crippen molar-refractivity contribution in [3.05, 3.63) is 65.7 Å². The molecule has 0 saturated carbocycles. The Bertz CT molecular complexity index is 841. The number of benzene rings is 2. The van der Waals surface area contributed by atoms with E-state index in [1.54, 1.807) is 0 Å². The van der Waals surface area contributed by atoms with Crippen LogP contribution in [0.5, 0.6) is 5.75 Å². The van der Waals surface area contributed by atoms with Crippen molar-refractivity contribution in [1.82, 2.24) is 9.80 Å². The monoisotopic (exact) mass is 504 g/mol. The fourth-order valence-electron chi connectivity index (χ4n) is 4.24. The topological polar surface area (TPSA) is 129 Å². The molecule has 10 heteroatoms. The van der Waals surface area contributed by atoms with Crippen LogP contribution < -0.4 is 4.74 Å². The van der Waals surface area contributed by atoms with Crippen molar-refractivity contribution in [2.75, 3.05) is 59.2 Å². The standard InChI is InChI=1S/C24H32N2O4.2CH2O2/c27-19-23-24(21-4-2-1-3-5-21)26(13-17-30-23)18-20-6-8-22(9-7-20)29-16-12-25-10-14-28-15-11-25;2*2-1-3/h1-9,23-24,27H,10-19H2;2*1H,(H,2,3)/t23-,24-;;/m0../s1. The van der Waals surface area contributed by atoms with Crippen LogP contribution in [0.2, 0.25) is 0 Å². The van der Waals surface area contributed by atoms with Crippen LogP contribution >= 0.6 is 0 Å². The average Bonchev–Trinajstić information content (AvgIpc) is 2.91. The third kappa shape index (κ3) is 9.92. The van der Waals surface area contributed by atoms with E-state index in [0.29, 0.717) is 13.2 Å². The summed E-state index contributed by atoms with van der Waals surface area (Å²) < 4.78 is 17.2. The first-order valence-electron chi connectivity index (χ1n) is 11.9. The average molecular weight is 505 g/mol. The van der Waals surface area contributed by atoms with Crippen molar-refractivity contribution in [3.63, 3.8) is 0 Å². The molecule has 0 aliphatic carbocycles. The van der Waals surface area contributed by atoms with Gasteiger partial charge in [-0.3, -0.25) is 19.4 Å². The van der Waals surface area contributed by atoms with Gasteiger partial charge in [0.05, 0.1) is 32.5 Å². The van der Waals surface area contributed by atoms with Gasteiger partial charge in [-0.2, -0.15) is 0 Å². The van der Waals surface area contributed by atoms with E-state index in [1.165, 1.54) is 11.1 Å². The number of hydrogen-bond donors (Lipinski definition) is 3. The van der Waals surface area contributed by atoms with Crippen molar-refractivity contribution in [2.45, 2.75) is 18.7 Å². The molecule has 0 spiro atoms. The zero-order valence-electron chi connectivity index (χ0n) is 20.4. The minimum atomic E-state index is -0.250. The third-order valence-electron chi connectivity index (χ3n) is 5.87. The fourth-order valence-corrected chi connectivity index (χ4v) is 4.24. The molecule has 0 aromatic heterocycles. The molecule has 0 bridgehead atoms. The Kier molecular flexibility index (Phi) is 14.1. The van der Waals surface area contributed by atoms with Gasteiger partial charge >= 0.3 is 0 Å². The van der Waals surface area contributed by atoms with Gasteiger partial charge in [-0.25, -0.2) is 0 Å². The molecule has 4 rings (SSSR count). The van der Waals surface area contributed by atoms with E-state index in [1.807, 2.05) is 18.2 Å². The summed E-state index contributed by atoms with van der Waals surface area (Å²) in [6.07, 6.45) is -0.205. The molecule has 0 radical (unpaired) electrons. The Morgan fingerprint density at radius 1 is 0.917 bits per heavy atom. The van der Waals surface area contributed by atoms with Crippen molar-refractivity contribution < 1.29 is 39.1 Å². The molecule has 2 heterocycles. The number of hydrogen-bond acceptors (Lipinski definition) is 8. The number of morpholine rings is 2. The van der Waals surface area contributed by atoms with Gasteiger partial charge in [0.1, 0.15) is 18.5 Å². The maximum Gasteiger partial charge on any atom is 0.290 e. The van der Waals surface area contributed by atoms with Crippen molar-refractivity contribution in [3.8, 4) is 5.75 Å². The summed E-state index contributed by atoms with van der Waals surface area (Å²) in [4.78, 5) is 21.5. The van der Waals surface area contributed by atoms with Crippen LogP contribution in [0, 0.1) is 0 Å². The fraction of sp³-hybridized carbons (Fsp3) is 0.462. The zero-order chi connectivity index (χ0) is 26.0. The lowest BCUT2D eigenvalue weighted by Crippen LogP contribution is -2.46. The summed E-state index contributed by atoms with van der Waals surface area (Å²) in [5, 5.41) is 23.6. The van der Waals surface area contributed by atoms with E-state index in [2.05, 4.69) is 46.2 Å². The van der Waals surface area contributed by atoms with Crippen molar-refractivity contribution in [2.24, 2.45) is 0 Å². The largest absolute Gasteiger partial charge is 0.492 e. The molecule has 3 N–H and O–H groups in total. The van der Waals surface area contributed by atoms with Gasteiger partial charge in [-0.1, -0.05) is 42.5 Å². The van der Waals surface area contributed by atoms with Crippen LogP contribution in [-0.4, -0.2) is 103 Å². The molecule has 2 saturated heterocycles. The van der Waals surface area contributed by atoms with Crippen LogP contribution in [-0.2, 0) is 25.6 Å². The summed E-state index contributed by atoms with van der Waals surface area (Å²) in [5.74, 6) is 0.904. The second kappa shape index (κ2) is 17.4. The molecule has 2 aliphatic heterocycles. The molecular formula is C26H36N2O8. The van der Waals surface area contributed by atoms with Crippen LogP contribution in [0.1, 0.15) is 17.2 Å². The number of aliphatic hydroxyl groups is 1. The smallest absolute Gasteiger partial charge is 0.290 e. The lowest BCUT2D eigenvalue weighted by atomic mass is 9.97. The molecule has 2 aromatic carbocycles. The van der Waals surface area contributed by atoms with Crippen molar-refractivity contribution >= 4 is 12.9 Å². The third-order valence-corrected chi connectivity index (χ3v) is 5.87. The summed E-state index contributed by atoms with van der Waals surface area (Å²) in [7, 11) is 0. The van der Waals surface area contributed by atoms with E-state index in [0.717, 1.165) is 51.7 Å². The first-order valence-corrected chi connectivity index (χ1v) is 11.9. The number of ether oxygens (including phenoxy) is 3. The normalized spacial score (nSPS) is 20.1. The second-order valence-electron chi connectivity index (χ2n) is 8.08. The summed E-state index contributed by atoms with van der Waals surface area (Å²) in [5.41, 5.74) is 2.41. The van der Waals surface area contributed by atoms with Gasteiger partial charge in [-0.15, -0.1) is 0 Å².